The third kappa shape index (κ3) is 5.04. The molecule has 5 aromatic rings. The Morgan fingerprint density at radius 1 is 0.816 bits per heavy atom. The number of benzene rings is 4. The first kappa shape index (κ1) is 24.9. The predicted molar refractivity (Wildman–Crippen MR) is 150 cm³/mol. The lowest BCUT2D eigenvalue weighted by Gasteiger charge is -2.37. The Kier molecular flexibility index (Phi) is 7.55. The molecule has 0 amide bonds. The van der Waals surface area contributed by atoms with Crippen molar-refractivity contribution in [2.45, 2.75) is 18.0 Å². The summed E-state index contributed by atoms with van der Waals surface area (Å²) in [5.41, 5.74) is 4.32. The van der Waals surface area contributed by atoms with Gasteiger partial charge in [-0.1, -0.05) is 121 Å². The lowest BCUT2D eigenvalue weighted by atomic mass is 9.77. The van der Waals surface area contributed by atoms with E-state index in [0.717, 1.165) is 27.9 Å². The highest BCUT2D eigenvalue weighted by Gasteiger charge is 2.38. The Bertz CT molecular complexity index is 1380. The number of aromatic nitrogens is 2. The van der Waals surface area contributed by atoms with Crippen molar-refractivity contribution < 1.29 is 9.53 Å². The van der Waals surface area contributed by atoms with Gasteiger partial charge in [0, 0.05) is 18.8 Å². The molecule has 1 heterocycles. The quantitative estimate of drug-likeness (QED) is 0.144. The number of esters is 1. The van der Waals surface area contributed by atoms with E-state index in [9.17, 15) is 4.79 Å². The number of hydrogen-bond donors (Lipinski definition) is 0. The van der Waals surface area contributed by atoms with Crippen LogP contribution in [-0.4, -0.2) is 34.9 Å². The first-order valence-electron chi connectivity index (χ1n) is 12.6. The van der Waals surface area contributed by atoms with Gasteiger partial charge in [-0.05, 0) is 22.3 Å². The van der Waals surface area contributed by atoms with Crippen molar-refractivity contribution in [3.8, 4) is 0 Å². The summed E-state index contributed by atoms with van der Waals surface area (Å²) in [6.07, 6.45) is 5.89. The molecule has 0 unspecified atom stereocenters. The van der Waals surface area contributed by atoms with E-state index in [1.54, 1.807) is 6.21 Å². The van der Waals surface area contributed by atoms with E-state index in [0.29, 0.717) is 6.42 Å². The second kappa shape index (κ2) is 11.5. The molecule has 0 radical (unpaired) electrons. The van der Waals surface area contributed by atoms with Gasteiger partial charge >= 0.3 is 5.97 Å². The summed E-state index contributed by atoms with van der Waals surface area (Å²) in [4.78, 5) is 21.9. The average molecular weight is 500 g/mol. The van der Waals surface area contributed by atoms with Gasteiger partial charge in [0.05, 0.1) is 19.1 Å². The molecule has 0 aliphatic rings. The van der Waals surface area contributed by atoms with Crippen molar-refractivity contribution in [3.05, 3.63) is 162 Å². The van der Waals surface area contributed by atoms with Crippen molar-refractivity contribution in [2.24, 2.45) is 4.99 Å². The third-order valence-electron chi connectivity index (χ3n) is 6.68. The van der Waals surface area contributed by atoms with Crippen LogP contribution in [0.25, 0.3) is 0 Å². The summed E-state index contributed by atoms with van der Waals surface area (Å²) in [5, 5.41) is 0. The fourth-order valence-corrected chi connectivity index (χ4v) is 4.88. The summed E-state index contributed by atoms with van der Waals surface area (Å²) in [7, 11) is 1.39. The van der Waals surface area contributed by atoms with E-state index in [-0.39, 0.29) is 0 Å². The molecule has 4 aromatic carbocycles. The molecule has 0 aliphatic carbocycles. The summed E-state index contributed by atoms with van der Waals surface area (Å²) in [6.45, 7) is 0. The highest BCUT2D eigenvalue weighted by Crippen LogP contribution is 2.40. The zero-order chi connectivity index (χ0) is 26.2. The van der Waals surface area contributed by atoms with Gasteiger partial charge in [-0.25, -0.2) is 9.78 Å². The SMILES string of the molecule is COC(=O)[C@H](Cc1cn(C(c2ccccc2)(c2ccccc2)c2ccccc2)cn1)N=Cc1ccccc1. The van der Waals surface area contributed by atoms with Crippen LogP contribution in [0.2, 0.25) is 0 Å². The maximum Gasteiger partial charge on any atom is 0.330 e. The van der Waals surface area contributed by atoms with Crippen molar-refractivity contribution in [2.75, 3.05) is 7.11 Å². The lowest BCUT2D eigenvalue weighted by molar-refractivity contribution is -0.142. The zero-order valence-corrected chi connectivity index (χ0v) is 21.2. The van der Waals surface area contributed by atoms with Crippen LogP contribution >= 0.6 is 0 Å². The standard InChI is InChI=1S/C33H29N3O2/c1-38-32(37)31(34-23-26-14-6-2-7-15-26)22-30-24-36(25-35-30)33(27-16-8-3-9-17-27,28-18-10-4-11-19-28)29-20-12-5-13-21-29/h2-21,23-25,31H,22H2,1H3/t31-/m0/s1. The molecule has 0 saturated carbocycles. The van der Waals surface area contributed by atoms with Crippen LogP contribution < -0.4 is 0 Å². The van der Waals surface area contributed by atoms with E-state index < -0.39 is 17.6 Å². The first-order valence-corrected chi connectivity index (χ1v) is 12.6. The van der Waals surface area contributed by atoms with Gasteiger partial charge in [-0.2, -0.15) is 0 Å². The molecule has 5 nitrogen and oxygen atoms in total. The molecule has 38 heavy (non-hydrogen) atoms. The molecule has 0 bridgehead atoms. The minimum absolute atomic E-state index is 0.317. The number of carbonyl (C=O) groups is 1. The van der Waals surface area contributed by atoms with E-state index in [4.69, 9.17) is 9.72 Å². The smallest absolute Gasteiger partial charge is 0.330 e. The van der Waals surface area contributed by atoms with Crippen LogP contribution in [0.15, 0.2) is 139 Å². The predicted octanol–water partition coefficient (Wildman–Crippen LogP) is 5.93. The van der Waals surface area contributed by atoms with E-state index in [1.807, 2.05) is 61.1 Å². The highest BCUT2D eigenvalue weighted by molar-refractivity contribution is 5.84. The molecule has 5 heteroatoms. The molecule has 0 spiro atoms. The Hall–Kier alpha value is -4.77. The Morgan fingerprint density at radius 2 is 1.29 bits per heavy atom. The molecule has 0 aliphatic heterocycles. The van der Waals surface area contributed by atoms with Crippen LogP contribution in [0.4, 0.5) is 0 Å². The second-order valence-electron chi connectivity index (χ2n) is 9.01. The van der Waals surface area contributed by atoms with Crippen LogP contribution in [0.5, 0.6) is 0 Å². The van der Waals surface area contributed by atoms with Gasteiger partial charge < -0.3 is 9.30 Å². The van der Waals surface area contributed by atoms with Gasteiger partial charge in [0.25, 0.3) is 0 Å². The minimum atomic E-state index is -0.705. The van der Waals surface area contributed by atoms with Gasteiger partial charge in [0.15, 0.2) is 6.04 Å². The fourth-order valence-electron chi connectivity index (χ4n) is 4.88. The van der Waals surface area contributed by atoms with Gasteiger partial charge in [-0.3, -0.25) is 4.99 Å². The number of aliphatic imine (C=N–C) groups is 1. The van der Waals surface area contributed by atoms with Gasteiger partial charge in [0.1, 0.15) is 5.54 Å². The summed E-state index contributed by atoms with van der Waals surface area (Å²) in [6, 6.07) is 40.2. The van der Waals surface area contributed by atoms with Crippen molar-refractivity contribution in [3.63, 3.8) is 0 Å². The van der Waals surface area contributed by atoms with Crippen LogP contribution in [0, 0.1) is 0 Å². The lowest BCUT2D eigenvalue weighted by Crippen LogP contribution is -2.37. The number of ether oxygens (including phenoxy) is 1. The highest BCUT2D eigenvalue weighted by atomic mass is 16.5. The average Bonchev–Trinajstić information content (AvgIpc) is 3.46. The third-order valence-corrected chi connectivity index (χ3v) is 6.68. The zero-order valence-electron chi connectivity index (χ0n) is 21.2. The Morgan fingerprint density at radius 3 is 1.76 bits per heavy atom. The largest absolute Gasteiger partial charge is 0.467 e. The minimum Gasteiger partial charge on any atom is -0.467 e. The summed E-state index contributed by atoms with van der Waals surface area (Å²) >= 11 is 0. The summed E-state index contributed by atoms with van der Waals surface area (Å²) in [5.74, 6) is -0.396. The normalized spacial score (nSPS) is 12.3. The number of hydrogen-bond acceptors (Lipinski definition) is 4. The number of carbonyl (C=O) groups excluding carboxylic acids is 1. The van der Waals surface area contributed by atoms with Crippen LogP contribution in [0.3, 0.4) is 0 Å². The van der Waals surface area contributed by atoms with E-state index in [2.05, 4.69) is 82.4 Å². The maximum atomic E-state index is 12.6. The van der Waals surface area contributed by atoms with Crippen molar-refractivity contribution in [1.29, 1.82) is 0 Å². The molecule has 1 atom stereocenters. The topological polar surface area (TPSA) is 56.5 Å². The molecule has 1 aromatic heterocycles. The fraction of sp³-hybridized carbons (Fsp3) is 0.121. The second-order valence-corrected chi connectivity index (χ2v) is 9.01. The number of nitrogens with zero attached hydrogens (tertiary/aromatic N) is 3. The Balaban J connectivity index is 1.60. The Labute approximate surface area is 223 Å². The van der Waals surface area contributed by atoms with Crippen LogP contribution in [-0.2, 0) is 21.5 Å². The van der Waals surface area contributed by atoms with E-state index >= 15 is 0 Å². The molecular formula is C33H29N3O2. The van der Waals surface area contributed by atoms with Crippen molar-refractivity contribution in [1.82, 2.24) is 9.55 Å². The number of rotatable bonds is 9. The van der Waals surface area contributed by atoms with Crippen molar-refractivity contribution >= 4 is 12.2 Å². The molecule has 0 fully saturated rings. The van der Waals surface area contributed by atoms with Gasteiger partial charge in [0.2, 0.25) is 0 Å². The number of methoxy groups -OCH3 is 1. The maximum absolute atomic E-state index is 12.6. The van der Waals surface area contributed by atoms with Crippen LogP contribution in [0.1, 0.15) is 27.9 Å². The van der Waals surface area contributed by atoms with Gasteiger partial charge in [-0.15, -0.1) is 0 Å². The molecular weight excluding hydrogens is 470 g/mol. The number of imidazole rings is 1. The monoisotopic (exact) mass is 499 g/mol. The molecule has 0 N–H and O–H groups in total. The van der Waals surface area contributed by atoms with E-state index in [1.165, 1.54) is 7.11 Å². The summed E-state index contributed by atoms with van der Waals surface area (Å²) < 4.78 is 7.20. The molecule has 188 valence electrons. The molecule has 0 saturated heterocycles. The first-order chi connectivity index (χ1) is 18.7. The molecule has 5 rings (SSSR count).